The molecule has 0 unspecified atom stereocenters. The third-order valence-electron chi connectivity index (χ3n) is 5.92. The number of piperidine rings is 1. The Hall–Kier alpha value is -4.07. The first-order chi connectivity index (χ1) is 19.4. The van der Waals surface area contributed by atoms with Crippen LogP contribution in [-0.4, -0.2) is 67.9 Å². The molecule has 222 valence electrons. The summed E-state index contributed by atoms with van der Waals surface area (Å²) in [5, 5.41) is 0. The molecule has 0 atom stereocenters. The summed E-state index contributed by atoms with van der Waals surface area (Å²) in [6.07, 6.45) is 0.863. The largest absolute Gasteiger partial charge is 0.534 e. The molecule has 2 aliphatic rings. The van der Waals surface area contributed by atoms with E-state index in [1.165, 1.54) is 4.90 Å². The van der Waals surface area contributed by atoms with Gasteiger partial charge in [-0.3, -0.25) is 4.79 Å². The van der Waals surface area contributed by atoms with Crippen molar-refractivity contribution in [3.05, 3.63) is 83.6 Å². The molecule has 0 radical (unpaired) electrons. The number of rotatable bonds is 6. The SMILES string of the molecule is O=C(OCc1ccccc1)N1CC=C(OS(=O)(=O)C(F)(F)F)CC1.O=C1CCN(C(=O)OCc2ccccc2)CC1. The van der Waals surface area contributed by atoms with Gasteiger partial charge in [-0.1, -0.05) is 60.7 Å². The van der Waals surface area contributed by atoms with Crippen LogP contribution in [0.1, 0.15) is 30.4 Å². The molecule has 2 aliphatic heterocycles. The minimum absolute atomic E-state index is 0.00711. The topological polar surface area (TPSA) is 120 Å². The predicted molar refractivity (Wildman–Crippen MR) is 139 cm³/mol. The van der Waals surface area contributed by atoms with Crippen molar-refractivity contribution in [3.8, 4) is 0 Å². The van der Waals surface area contributed by atoms with Crippen LogP contribution in [0.2, 0.25) is 0 Å². The molecule has 0 saturated carbocycles. The Morgan fingerprint density at radius 2 is 1.22 bits per heavy atom. The third kappa shape index (κ3) is 10.1. The monoisotopic (exact) mass is 598 g/mol. The molecule has 0 spiro atoms. The summed E-state index contributed by atoms with van der Waals surface area (Å²) in [4.78, 5) is 37.4. The number of ether oxygens (including phenoxy) is 2. The van der Waals surface area contributed by atoms with Gasteiger partial charge in [0.25, 0.3) is 0 Å². The zero-order valence-corrected chi connectivity index (χ0v) is 22.7. The van der Waals surface area contributed by atoms with E-state index >= 15 is 0 Å². The van der Waals surface area contributed by atoms with E-state index in [0.717, 1.165) is 17.2 Å². The number of amides is 2. The highest BCUT2D eigenvalue weighted by atomic mass is 32.2. The van der Waals surface area contributed by atoms with Crippen LogP contribution in [0, 0.1) is 0 Å². The Balaban J connectivity index is 0.000000239. The Morgan fingerprint density at radius 1 is 0.756 bits per heavy atom. The van der Waals surface area contributed by atoms with Gasteiger partial charge in [-0.2, -0.15) is 21.6 Å². The van der Waals surface area contributed by atoms with Crippen molar-refractivity contribution in [3.63, 3.8) is 0 Å². The summed E-state index contributed by atoms with van der Waals surface area (Å²) in [5.41, 5.74) is -3.73. The van der Waals surface area contributed by atoms with Crippen LogP contribution < -0.4 is 0 Å². The molecule has 2 amide bonds. The van der Waals surface area contributed by atoms with Crippen molar-refractivity contribution in [1.29, 1.82) is 0 Å². The summed E-state index contributed by atoms with van der Waals surface area (Å²) in [6, 6.07) is 18.5. The van der Waals surface area contributed by atoms with Gasteiger partial charge in [0.15, 0.2) is 0 Å². The lowest BCUT2D eigenvalue weighted by Gasteiger charge is -2.25. The lowest BCUT2D eigenvalue weighted by atomic mass is 10.1. The lowest BCUT2D eigenvalue weighted by Crippen LogP contribution is -2.38. The number of alkyl halides is 3. The average Bonchev–Trinajstić information content (AvgIpc) is 2.96. The second-order valence-corrected chi connectivity index (χ2v) is 10.5. The van der Waals surface area contributed by atoms with Crippen LogP contribution in [0.4, 0.5) is 22.8 Å². The van der Waals surface area contributed by atoms with E-state index in [4.69, 9.17) is 9.47 Å². The minimum Gasteiger partial charge on any atom is -0.445 e. The van der Waals surface area contributed by atoms with Gasteiger partial charge >= 0.3 is 27.8 Å². The van der Waals surface area contributed by atoms with Crippen molar-refractivity contribution in [2.24, 2.45) is 0 Å². The molecule has 10 nitrogen and oxygen atoms in total. The van der Waals surface area contributed by atoms with Gasteiger partial charge in [0.05, 0.1) is 0 Å². The number of carbonyl (C=O) groups is 3. The van der Waals surface area contributed by atoms with Crippen LogP contribution in [0.15, 0.2) is 72.5 Å². The first-order valence-electron chi connectivity index (χ1n) is 12.6. The van der Waals surface area contributed by atoms with Gasteiger partial charge < -0.3 is 23.5 Å². The Morgan fingerprint density at radius 3 is 1.66 bits per heavy atom. The van der Waals surface area contributed by atoms with E-state index in [2.05, 4.69) is 4.18 Å². The van der Waals surface area contributed by atoms with Crippen LogP contribution in [0.25, 0.3) is 0 Å². The summed E-state index contributed by atoms with van der Waals surface area (Å²) < 4.78 is 72.8. The number of hydrogen-bond donors (Lipinski definition) is 0. The molecule has 0 aliphatic carbocycles. The molecule has 1 saturated heterocycles. The number of likely N-dealkylation sites (tertiary alicyclic amines) is 1. The van der Waals surface area contributed by atoms with Crippen molar-refractivity contribution in [1.82, 2.24) is 9.80 Å². The van der Waals surface area contributed by atoms with Crippen molar-refractivity contribution < 1.29 is 49.6 Å². The van der Waals surface area contributed by atoms with Gasteiger partial charge in [0.2, 0.25) is 0 Å². The van der Waals surface area contributed by atoms with Crippen molar-refractivity contribution in [2.45, 2.75) is 38.0 Å². The van der Waals surface area contributed by atoms with Crippen LogP contribution in [-0.2, 0) is 41.8 Å². The molecule has 0 aromatic heterocycles. The first kappa shape index (κ1) is 31.5. The number of benzene rings is 2. The molecule has 4 rings (SSSR count). The molecule has 14 heteroatoms. The maximum atomic E-state index is 12.2. The second kappa shape index (κ2) is 14.5. The van der Waals surface area contributed by atoms with Gasteiger partial charge in [0, 0.05) is 45.4 Å². The van der Waals surface area contributed by atoms with Crippen molar-refractivity contribution >= 4 is 28.1 Å². The smallest absolute Gasteiger partial charge is 0.445 e. The van der Waals surface area contributed by atoms with Crippen LogP contribution >= 0.6 is 0 Å². The summed E-state index contributed by atoms with van der Waals surface area (Å²) in [6.45, 7) is 1.19. The van der Waals surface area contributed by atoms with Gasteiger partial charge in [-0.25, -0.2) is 9.59 Å². The number of ketones is 1. The zero-order chi connectivity index (χ0) is 29.9. The van der Waals surface area contributed by atoms with E-state index in [-0.39, 0.29) is 50.4 Å². The average molecular weight is 599 g/mol. The van der Waals surface area contributed by atoms with E-state index < -0.39 is 21.7 Å². The summed E-state index contributed by atoms with van der Waals surface area (Å²) in [5.74, 6) is -0.128. The molecular formula is C27H29F3N2O8S. The highest BCUT2D eigenvalue weighted by Gasteiger charge is 2.49. The number of carbonyl (C=O) groups excluding carboxylic acids is 3. The molecule has 0 N–H and O–H groups in total. The van der Waals surface area contributed by atoms with Crippen molar-refractivity contribution in [2.75, 3.05) is 26.2 Å². The van der Waals surface area contributed by atoms with Crippen LogP contribution in [0.5, 0.6) is 0 Å². The van der Waals surface area contributed by atoms with E-state index in [1.807, 2.05) is 36.4 Å². The normalized spacial score (nSPS) is 15.7. The van der Waals surface area contributed by atoms with E-state index in [0.29, 0.717) is 25.9 Å². The summed E-state index contributed by atoms with van der Waals surface area (Å²) >= 11 is 0. The fourth-order valence-corrected chi connectivity index (χ4v) is 4.17. The molecule has 41 heavy (non-hydrogen) atoms. The maximum Gasteiger partial charge on any atom is 0.534 e. The summed E-state index contributed by atoms with van der Waals surface area (Å²) in [7, 11) is -5.68. The highest BCUT2D eigenvalue weighted by Crippen LogP contribution is 2.28. The van der Waals surface area contributed by atoms with Gasteiger partial charge in [-0.15, -0.1) is 0 Å². The highest BCUT2D eigenvalue weighted by molar-refractivity contribution is 7.87. The van der Waals surface area contributed by atoms with Gasteiger partial charge in [-0.05, 0) is 17.2 Å². The predicted octanol–water partition coefficient (Wildman–Crippen LogP) is 4.77. The second-order valence-electron chi connectivity index (χ2n) is 8.96. The fourth-order valence-electron chi connectivity index (χ4n) is 3.64. The molecule has 0 bridgehead atoms. The first-order valence-corrected chi connectivity index (χ1v) is 14.0. The minimum atomic E-state index is -5.68. The van der Waals surface area contributed by atoms with Gasteiger partial charge in [0.1, 0.15) is 24.8 Å². The standard InChI is InChI=1S/C14H14F3NO5S.C13H15NO3/c15-14(16,17)24(20,21)23-12-6-8-18(9-7-12)13(19)22-10-11-4-2-1-3-5-11;15-12-6-8-14(9-7-12)13(16)17-10-11-4-2-1-3-5-11/h1-6H,7-10H2;1-5H,6-10H2. The number of Topliss-reactive ketones (excluding diaryl/α,β-unsaturated/α-hetero) is 1. The van der Waals surface area contributed by atoms with E-state index in [1.54, 1.807) is 29.2 Å². The number of halogens is 3. The Kier molecular flexibility index (Phi) is 11.1. The Labute approximate surface area is 235 Å². The van der Waals surface area contributed by atoms with Crippen LogP contribution in [0.3, 0.4) is 0 Å². The number of hydrogen-bond acceptors (Lipinski definition) is 8. The fraction of sp³-hybridized carbons (Fsp3) is 0.370. The maximum absolute atomic E-state index is 12.2. The number of nitrogens with zero attached hydrogens (tertiary/aromatic N) is 2. The Bertz CT molecular complexity index is 1310. The molecule has 2 aromatic rings. The molecule has 2 heterocycles. The third-order valence-corrected chi connectivity index (χ3v) is 6.92. The zero-order valence-electron chi connectivity index (χ0n) is 21.9. The quantitative estimate of drug-likeness (QED) is 0.345. The lowest BCUT2D eigenvalue weighted by molar-refractivity contribution is -0.121. The molecule has 2 aromatic carbocycles. The molecular weight excluding hydrogens is 569 g/mol. The molecule has 1 fully saturated rings. The van der Waals surface area contributed by atoms with E-state index in [9.17, 15) is 36.0 Å².